The van der Waals surface area contributed by atoms with Crippen LogP contribution in [0, 0.1) is 12.7 Å². The van der Waals surface area contributed by atoms with Crippen LogP contribution in [0.4, 0.5) is 4.39 Å². The van der Waals surface area contributed by atoms with E-state index in [1.807, 2.05) is 6.07 Å². The molecule has 1 N–H and O–H groups in total. The number of hydrogen-bond acceptors (Lipinski definition) is 2. The third-order valence-electron chi connectivity index (χ3n) is 2.82. The van der Waals surface area contributed by atoms with Crippen molar-refractivity contribution in [2.45, 2.75) is 32.0 Å². The molecule has 15 heavy (non-hydrogen) atoms. The van der Waals surface area contributed by atoms with Crippen molar-refractivity contribution in [1.29, 1.82) is 0 Å². The fourth-order valence-corrected chi connectivity index (χ4v) is 1.82. The van der Waals surface area contributed by atoms with E-state index in [4.69, 9.17) is 4.74 Å². The highest BCUT2D eigenvalue weighted by molar-refractivity contribution is 5.25. The largest absolute Gasteiger partial charge is 0.393 e. The second kappa shape index (κ2) is 4.29. The van der Waals surface area contributed by atoms with Gasteiger partial charge in [-0.2, -0.15) is 0 Å². The van der Waals surface area contributed by atoms with Gasteiger partial charge in [0.05, 0.1) is 12.2 Å². The molecule has 2 rings (SSSR count). The van der Waals surface area contributed by atoms with Crippen molar-refractivity contribution in [3.05, 3.63) is 35.1 Å². The summed E-state index contributed by atoms with van der Waals surface area (Å²) in [7, 11) is 0. The topological polar surface area (TPSA) is 29.5 Å². The summed E-state index contributed by atoms with van der Waals surface area (Å²) in [5, 5.41) is 9.49. The first kappa shape index (κ1) is 10.6. The third-order valence-corrected chi connectivity index (χ3v) is 2.82. The Labute approximate surface area is 88.7 Å². The molecule has 82 valence electrons. The Kier molecular flexibility index (Phi) is 3.03. The molecule has 2 unspecified atom stereocenters. The molecule has 1 aromatic carbocycles. The molecule has 3 heteroatoms. The molecule has 2 atom stereocenters. The van der Waals surface area contributed by atoms with E-state index in [0.717, 1.165) is 5.56 Å². The minimum absolute atomic E-state index is 0.163. The lowest BCUT2D eigenvalue weighted by molar-refractivity contribution is -0.0449. The van der Waals surface area contributed by atoms with Gasteiger partial charge in [-0.05, 0) is 30.5 Å². The van der Waals surface area contributed by atoms with Crippen LogP contribution in [0.1, 0.15) is 30.1 Å². The summed E-state index contributed by atoms with van der Waals surface area (Å²) in [6.07, 6.45) is 0.741. The maximum atomic E-state index is 13.3. The van der Waals surface area contributed by atoms with Gasteiger partial charge in [0.1, 0.15) is 5.82 Å². The van der Waals surface area contributed by atoms with Crippen LogP contribution >= 0.6 is 0 Å². The zero-order valence-electron chi connectivity index (χ0n) is 8.74. The molecule has 0 bridgehead atoms. The average molecular weight is 210 g/mol. The molecule has 1 aliphatic heterocycles. The number of aliphatic hydroxyl groups is 1. The Hall–Kier alpha value is -0.930. The van der Waals surface area contributed by atoms with E-state index in [0.29, 0.717) is 25.0 Å². The summed E-state index contributed by atoms with van der Waals surface area (Å²) in [6.45, 7) is 2.27. The Bertz CT molecular complexity index is 351. The molecule has 1 aliphatic rings. The number of ether oxygens (including phenoxy) is 1. The first-order valence-corrected chi connectivity index (χ1v) is 5.22. The molecular formula is C12H15FO2. The molecule has 0 saturated carbocycles. The molecule has 1 saturated heterocycles. The van der Waals surface area contributed by atoms with Gasteiger partial charge in [-0.3, -0.25) is 0 Å². The van der Waals surface area contributed by atoms with Crippen LogP contribution in [-0.4, -0.2) is 17.8 Å². The monoisotopic (exact) mass is 210 g/mol. The van der Waals surface area contributed by atoms with Crippen molar-refractivity contribution in [2.75, 3.05) is 6.61 Å². The van der Waals surface area contributed by atoms with Gasteiger partial charge < -0.3 is 9.84 Å². The lowest BCUT2D eigenvalue weighted by atomic mass is 9.98. The van der Waals surface area contributed by atoms with Gasteiger partial charge >= 0.3 is 0 Å². The molecule has 0 radical (unpaired) electrons. The van der Waals surface area contributed by atoms with Crippen LogP contribution < -0.4 is 0 Å². The van der Waals surface area contributed by atoms with Crippen LogP contribution in [0.3, 0.4) is 0 Å². The summed E-state index contributed by atoms with van der Waals surface area (Å²) in [5.74, 6) is -0.212. The van der Waals surface area contributed by atoms with Crippen LogP contribution in [0.2, 0.25) is 0 Å². The SMILES string of the molecule is Cc1ccc(C2CC(O)CCO2)cc1F. The van der Waals surface area contributed by atoms with Gasteiger partial charge in [-0.1, -0.05) is 12.1 Å². The van der Waals surface area contributed by atoms with Crippen molar-refractivity contribution in [3.8, 4) is 0 Å². The van der Waals surface area contributed by atoms with E-state index in [2.05, 4.69) is 0 Å². The average Bonchev–Trinajstić information content (AvgIpc) is 2.22. The number of aliphatic hydroxyl groups excluding tert-OH is 1. The maximum absolute atomic E-state index is 13.3. The van der Waals surface area contributed by atoms with Gasteiger partial charge in [0.15, 0.2) is 0 Å². The van der Waals surface area contributed by atoms with E-state index in [9.17, 15) is 9.50 Å². The molecule has 0 spiro atoms. The molecule has 1 fully saturated rings. The number of aryl methyl sites for hydroxylation is 1. The van der Waals surface area contributed by atoms with Crippen molar-refractivity contribution < 1.29 is 14.2 Å². The molecule has 1 heterocycles. The summed E-state index contributed by atoms with van der Waals surface area (Å²) in [6, 6.07) is 5.11. The van der Waals surface area contributed by atoms with Crippen LogP contribution in [0.15, 0.2) is 18.2 Å². The summed E-state index contributed by atoms with van der Waals surface area (Å²) < 4.78 is 18.8. The highest BCUT2D eigenvalue weighted by atomic mass is 19.1. The number of benzene rings is 1. The minimum Gasteiger partial charge on any atom is -0.393 e. The third kappa shape index (κ3) is 2.36. The second-order valence-corrected chi connectivity index (χ2v) is 4.05. The molecule has 0 aliphatic carbocycles. The molecule has 1 aromatic rings. The smallest absolute Gasteiger partial charge is 0.126 e. The van der Waals surface area contributed by atoms with Crippen molar-refractivity contribution >= 4 is 0 Å². The Morgan fingerprint density at radius 1 is 1.47 bits per heavy atom. The highest BCUT2D eigenvalue weighted by Gasteiger charge is 2.22. The summed E-state index contributed by atoms with van der Waals surface area (Å²) >= 11 is 0. The van der Waals surface area contributed by atoms with Crippen LogP contribution in [-0.2, 0) is 4.74 Å². The van der Waals surface area contributed by atoms with E-state index in [-0.39, 0.29) is 18.0 Å². The summed E-state index contributed by atoms with van der Waals surface area (Å²) in [4.78, 5) is 0. The normalized spacial score (nSPS) is 26.6. The molecular weight excluding hydrogens is 195 g/mol. The second-order valence-electron chi connectivity index (χ2n) is 4.05. The number of halogens is 1. The predicted octanol–water partition coefficient (Wildman–Crippen LogP) is 2.35. The van der Waals surface area contributed by atoms with Gasteiger partial charge in [0, 0.05) is 13.0 Å². The lowest BCUT2D eigenvalue weighted by Gasteiger charge is -2.26. The minimum atomic E-state index is -0.326. The summed E-state index contributed by atoms with van der Waals surface area (Å²) in [5.41, 5.74) is 1.45. The van der Waals surface area contributed by atoms with Gasteiger partial charge in [-0.15, -0.1) is 0 Å². The standard InChI is InChI=1S/C12H15FO2/c1-8-2-3-9(6-11(8)13)12-7-10(14)4-5-15-12/h2-3,6,10,12,14H,4-5,7H2,1H3. The first-order valence-electron chi connectivity index (χ1n) is 5.22. The van der Waals surface area contributed by atoms with E-state index in [1.54, 1.807) is 13.0 Å². The number of hydrogen-bond donors (Lipinski definition) is 1. The van der Waals surface area contributed by atoms with Gasteiger partial charge in [0.2, 0.25) is 0 Å². The van der Waals surface area contributed by atoms with Crippen molar-refractivity contribution in [2.24, 2.45) is 0 Å². The molecule has 0 amide bonds. The van der Waals surface area contributed by atoms with Crippen LogP contribution in [0.5, 0.6) is 0 Å². The zero-order chi connectivity index (χ0) is 10.8. The molecule has 2 nitrogen and oxygen atoms in total. The highest BCUT2D eigenvalue weighted by Crippen LogP contribution is 2.28. The van der Waals surface area contributed by atoms with Gasteiger partial charge in [0.25, 0.3) is 0 Å². The predicted molar refractivity (Wildman–Crippen MR) is 55.1 cm³/mol. The van der Waals surface area contributed by atoms with E-state index in [1.165, 1.54) is 6.07 Å². The Morgan fingerprint density at radius 2 is 2.27 bits per heavy atom. The first-order chi connectivity index (χ1) is 7.16. The zero-order valence-corrected chi connectivity index (χ0v) is 8.74. The number of rotatable bonds is 1. The van der Waals surface area contributed by atoms with Crippen molar-refractivity contribution in [1.82, 2.24) is 0 Å². The Balaban J connectivity index is 2.18. The maximum Gasteiger partial charge on any atom is 0.126 e. The van der Waals surface area contributed by atoms with Crippen LogP contribution in [0.25, 0.3) is 0 Å². The van der Waals surface area contributed by atoms with Gasteiger partial charge in [-0.25, -0.2) is 4.39 Å². The molecule has 0 aromatic heterocycles. The van der Waals surface area contributed by atoms with Crippen molar-refractivity contribution in [3.63, 3.8) is 0 Å². The van der Waals surface area contributed by atoms with E-state index >= 15 is 0 Å². The fraction of sp³-hybridized carbons (Fsp3) is 0.500. The Morgan fingerprint density at radius 3 is 2.93 bits per heavy atom. The fourth-order valence-electron chi connectivity index (χ4n) is 1.82. The van der Waals surface area contributed by atoms with E-state index < -0.39 is 0 Å². The quantitative estimate of drug-likeness (QED) is 0.771. The lowest BCUT2D eigenvalue weighted by Crippen LogP contribution is -2.23.